The zero-order chi connectivity index (χ0) is 14.7. The Labute approximate surface area is 123 Å². The number of rotatable bonds is 5. The lowest BCUT2D eigenvalue weighted by Crippen LogP contribution is -2.25. The highest BCUT2D eigenvalue weighted by molar-refractivity contribution is 5.59. The molecule has 1 aromatic heterocycles. The van der Waals surface area contributed by atoms with Crippen LogP contribution in [0.1, 0.15) is 19.7 Å². The van der Waals surface area contributed by atoms with Crippen molar-refractivity contribution in [2.45, 2.75) is 26.3 Å². The molecule has 6 heteroatoms. The van der Waals surface area contributed by atoms with E-state index in [1.165, 1.54) is 0 Å². The van der Waals surface area contributed by atoms with Crippen molar-refractivity contribution in [1.29, 1.82) is 0 Å². The lowest BCUT2D eigenvalue weighted by atomic mass is 10.2. The fraction of sp³-hybridized carbons (Fsp3) is 0.467. The molecule has 0 bridgehead atoms. The van der Waals surface area contributed by atoms with Crippen LogP contribution in [-0.2, 0) is 6.42 Å². The predicted octanol–water partition coefficient (Wildman–Crippen LogP) is 2.05. The molecule has 2 aromatic rings. The third-order valence-corrected chi connectivity index (χ3v) is 3.15. The van der Waals surface area contributed by atoms with Gasteiger partial charge in [0.25, 0.3) is 0 Å². The molecular formula is C15H19N3O3. The van der Waals surface area contributed by atoms with Crippen LogP contribution in [0.5, 0.6) is 11.5 Å². The SMILES string of the molecule is CC(C)NCCc1nnc(-c2ccc3c(c2)OCCO3)o1. The Kier molecular flexibility index (Phi) is 4.06. The van der Waals surface area contributed by atoms with Gasteiger partial charge < -0.3 is 19.2 Å². The topological polar surface area (TPSA) is 69.4 Å². The Morgan fingerprint density at radius 3 is 2.76 bits per heavy atom. The number of nitrogens with zero attached hydrogens (tertiary/aromatic N) is 2. The summed E-state index contributed by atoms with van der Waals surface area (Å²) >= 11 is 0. The van der Waals surface area contributed by atoms with E-state index in [0.717, 1.165) is 30.0 Å². The molecule has 1 aliphatic rings. The second-order valence-corrected chi connectivity index (χ2v) is 5.22. The first-order chi connectivity index (χ1) is 10.2. The normalized spacial score (nSPS) is 13.7. The molecular weight excluding hydrogens is 270 g/mol. The van der Waals surface area contributed by atoms with E-state index in [0.29, 0.717) is 31.0 Å². The summed E-state index contributed by atoms with van der Waals surface area (Å²) in [5.41, 5.74) is 0.842. The van der Waals surface area contributed by atoms with E-state index < -0.39 is 0 Å². The second-order valence-electron chi connectivity index (χ2n) is 5.22. The zero-order valence-corrected chi connectivity index (χ0v) is 12.3. The van der Waals surface area contributed by atoms with Gasteiger partial charge in [-0.25, -0.2) is 0 Å². The fourth-order valence-electron chi connectivity index (χ4n) is 2.12. The lowest BCUT2D eigenvalue weighted by molar-refractivity contribution is 0.171. The molecule has 0 atom stereocenters. The molecule has 0 saturated carbocycles. The summed E-state index contributed by atoms with van der Waals surface area (Å²) in [5, 5.41) is 11.5. The van der Waals surface area contributed by atoms with Crippen molar-refractivity contribution < 1.29 is 13.9 Å². The Bertz CT molecular complexity index is 610. The van der Waals surface area contributed by atoms with Gasteiger partial charge >= 0.3 is 0 Å². The molecule has 1 aliphatic heterocycles. The van der Waals surface area contributed by atoms with Gasteiger partial charge in [0.1, 0.15) is 13.2 Å². The molecule has 21 heavy (non-hydrogen) atoms. The number of hydrogen-bond acceptors (Lipinski definition) is 6. The zero-order valence-electron chi connectivity index (χ0n) is 12.3. The first kappa shape index (κ1) is 13.9. The van der Waals surface area contributed by atoms with Gasteiger partial charge in [0, 0.05) is 24.6 Å². The molecule has 0 saturated heterocycles. The molecule has 0 radical (unpaired) electrons. The number of hydrogen-bond donors (Lipinski definition) is 1. The molecule has 0 fully saturated rings. The quantitative estimate of drug-likeness (QED) is 0.908. The largest absolute Gasteiger partial charge is 0.486 e. The van der Waals surface area contributed by atoms with Crippen LogP contribution in [0, 0.1) is 0 Å². The van der Waals surface area contributed by atoms with Crippen LogP contribution in [0.25, 0.3) is 11.5 Å². The first-order valence-corrected chi connectivity index (χ1v) is 7.18. The minimum absolute atomic E-state index is 0.449. The standard InChI is InChI=1S/C15H19N3O3/c1-10(2)16-6-5-14-17-18-15(21-14)11-3-4-12-13(9-11)20-8-7-19-12/h3-4,9-10,16H,5-8H2,1-2H3. The summed E-state index contributed by atoms with van der Waals surface area (Å²) in [4.78, 5) is 0. The van der Waals surface area contributed by atoms with Gasteiger partial charge in [-0.1, -0.05) is 13.8 Å². The van der Waals surface area contributed by atoms with Crippen LogP contribution >= 0.6 is 0 Å². The van der Waals surface area contributed by atoms with E-state index in [-0.39, 0.29) is 0 Å². The van der Waals surface area contributed by atoms with Gasteiger partial charge in [-0.3, -0.25) is 0 Å². The van der Waals surface area contributed by atoms with Crippen molar-refractivity contribution in [3.8, 4) is 23.0 Å². The Balaban J connectivity index is 1.71. The molecule has 6 nitrogen and oxygen atoms in total. The fourth-order valence-corrected chi connectivity index (χ4v) is 2.12. The number of benzene rings is 1. The number of aromatic nitrogens is 2. The van der Waals surface area contributed by atoms with Gasteiger partial charge in [-0.05, 0) is 18.2 Å². The number of ether oxygens (including phenoxy) is 2. The van der Waals surface area contributed by atoms with Gasteiger partial charge in [-0.2, -0.15) is 0 Å². The molecule has 1 aromatic carbocycles. The lowest BCUT2D eigenvalue weighted by Gasteiger charge is -2.18. The summed E-state index contributed by atoms with van der Waals surface area (Å²) < 4.78 is 16.7. The van der Waals surface area contributed by atoms with Gasteiger partial charge in [0.15, 0.2) is 11.5 Å². The summed E-state index contributed by atoms with van der Waals surface area (Å²) in [6.45, 7) is 6.18. The highest BCUT2D eigenvalue weighted by Gasteiger charge is 2.15. The van der Waals surface area contributed by atoms with Crippen LogP contribution in [0.3, 0.4) is 0 Å². The third-order valence-electron chi connectivity index (χ3n) is 3.15. The van der Waals surface area contributed by atoms with E-state index in [4.69, 9.17) is 13.9 Å². The maximum Gasteiger partial charge on any atom is 0.247 e. The first-order valence-electron chi connectivity index (χ1n) is 7.18. The molecule has 2 heterocycles. The smallest absolute Gasteiger partial charge is 0.247 e. The van der Waals surface area contributed by atoms with Crippen molar-refractivity contribution >= 4 is 0 Å². The minimum Gasteiger partial charge on any atom is -0.486 e. The average Bonchev–Trinajstić information content (AvgIpc) is 2.95. The van der Waals surface area contributed by atoms with E-state index in [1.54, 1.807) is 0 Å². The van der Waals surface area contributed by atoms with Crippen molar-refractivity contribution in [3.63, 3.8) is 0 Å². The van der Waals surface area contributed by atoms with Gasteiger partial charge in [0.2, 0.25) is 11.8 Å². The van der Waals surface area contributed by atoms with Crippen molar-refractivity contribution in [1.82, 2.24) is 15.5 Å². The van der Waals surface area contributed by atoms with E-state index in [2.05, 4.69) is 29.4 Å². The highest BCUT2D eigenvalue weighted by Crippen LogP contribution is 2.34. The van der Waals surface area contributed by atoms with E-state index in [1.807, 2.05) is 18.2 Å². The second kappa shape index (κ2) is 6.13. The van der Waals surface area contributed by atoms with Crippen LogP contribution in [0.4, 0.5) is 0 Å². The van der Waals surface area contributed by atoms with Crippen LogP contribution < -0.4 is 14.8 Å². The highest BCUT2D eigenvalue weighted by atomic mass is 16.6. The molecule has 1 N–H and O–H groups in total. The van der Waals surface area contributed by atoms with E-state index >= 15 is 0 Å². The monoisotopic (exact) mass is 289 g/mol. The van der Waals surface area contributed by atoms with Gasteiger partial charge in [-0.15, -0.1) is 10.2 Å². The summed E-state index contributed by atoms with van der Waals surface area (Å²) in [6, 6.07) is 6.09. The summed E-state index contributed by atoms with van der Waals surface area (Å²) in [5.74, 6) is 2.62. The van der Waals surface area contributed by atoms with Crippen molar-refractivity contribution in [3.05, 3.63) is 24.1 Å². The van der Waals surface area contributed by atoms with Crippen LogP contribution in [-0.4, -0.2) is 36.0 Å². The van der Waals surface area contributed by atoms with Gasteiger partial charge in [0.05, 0.1) is 0 Å². The van der Waals surface area contributed by atoms with E-state index in [9.17, 15) is 0 Å². The van der Waals surface area contributed by atoms with Crippen molar-refractivity contribution in [2.75, 3.05) is 19.8 Å². The predicted molar refractivity (Wildman–Crippen MR) is 77.6 cm³/mol. The van der Waals surface area contributed by atoms with Crippen LogP contribution in [0.2, 0.25) is 0 Å². The Morgan fingerprint density at radius 1 is 1.14 bits per heavy atom. The molecule has 112 valence electrons. The Morgan fingerprint density at radius 2 is 1.95 bits per heavy atom. The number of fused-ring (bicyclic) bond motifs is 1. The summed E-state index contributed by atoms with van der Waals surface area (Å²) in [6.07, 6.45) is 0.718. The Hall–Kier alpha value is -2.08. The number of nitrogens with one attached hydrogen (secondary N) is 1. The molecule has 0 spiro atoms. The molecule has 0 unspecified atom stereocenters. The minimum atomic E-state index is 0.449. The molecule has 0 amide bonds. The summed E-state index contributed by atoms with van der Waals surface area (Å²) in [7, 11) is 0. The average molecular weight is 289 g/mol. The third kappa shape index (κ3) is 3.33. The molecule has 3 rings (SSSR count). The van der Waals surface area contributed by atoms with Crippen LogP contribution in [0.15, 0.2) is 22.6 Å². The maximum atomic E-state index is 5.68. The maximum absolute atomic E-state index is 5.68. The molecule has 0 aliphatic carbocycles. The van der Waals surface area contributed by atoms with Crippen molar-refractivity contribution in [2.24, 2.45) is 0 Å².